The molecule has 2 heterocycles. The maximum atomic E-state index is 11.4. The predicted octanol–water partition coefficient (Wildman–Crippen LogP) is 3.45. The highest BCUT2D eigenvalue weighted by Crippen LogP contribution is 2.40. The Hall–Kier alpha value is -0.900. The van der Waals surface area contributed by atoms with Crippen molar-refractivity contribution in [3.8, 4) is 0 Å². The van der Waals surface area contributed by atoms with Gasteiger partial charge in [0.05, 0.1) is 10.4 Å². The van der Waals surface area contributed by atoms with Crippen molar-refractivity contribution in [3.05, 3.63) is 25.1 Å². The van der Waals surface area contributed by atoms with Crippen LogP contribution in [0.5, 0.6) is 0 Å². The molecule has 0 bridgehead atoms. The number of aryl methyl sites for hydroxylation is 1. The van der Waals surface area contributed by atoms with Crippen molar-refractivity contribution in [1.29, 1.82) is 0 Å². The van der Waals surface area contributed by atoms with Crippen molar-refractivity contribution < 1.29 is 4.92 Å². The predicted molar refractivity (Wildman–Crippen MR) is 99.5 cm³/mol. The van der Waals surface area contributed by atoms with Gasteiger partial charge in [0, 0.05) is 30.1 Å². The fourth-order valence-corrected chi connectivity index (χ4v) is 3.71. The summed E-state index contributed by atoms with van der Waals surface area (Å²) in [5, 5.41) is 11.4. The topological polar surface area (TPSA) is 90.2 Å². The first-order valence-corrected chi connectivity index (χ1v) is 8.55. The number of benzene rings is 1. The summed E-state index contributed by atoms with van der Waals surface area (Å²) < 4.78 is 3.05. The highest BCUT2D eigenvalue weighted by atomic mass is 79.9. The van der Waals surface area contributed by atoms with Gasteiger partial charge in [-0.15, -0.1) is 12.4 Å². The molecule has 1 aliphatic rings. The van der Waals surface area contributed by atoms with E-state index in [0.29, 0.717) is 21.0 Å². The minimum atomic E-state index is -0.399. The minimum Gasteiger partial charge on any atom is -0.341 e. The van der Waals surface area contributed by atoms with Crippen LogP contribution in [0.1, 0.15) is 13.3 Å². The molecule has 126 valence electrons. The molecule has 1 atom stereocenters. The van der Waals surface area contributed by atoms with E-state index in [1.54, 1.807) is 0 Å². The SMILES string of the molecule is CCn1c(N2CC[C@@H](N)C2)nc2c([N+](=O)[O-])c(Br)c(Br)cc21.Cl. The molecule has 0 radical (unpaired) electrons. The van der Waals surface area contributed by atoms with E-state index < -0.39 is 4.92 Å². The van der Waals surface area contributed by atoms with E-state index in [9.17, 15) is 10.1 Å². The Kier molecular flexibility index (Phi) is 5.55. The zero-order valence-corrected chi connectivity index (χ0v) is 16.3. The summed E-state index contributed by atoms with van der Waals surface area (Å²) in [7, 11) is 0. The molecular weight excluding hydrogens is 453 g/mol. The molecule has 23 heavy (non-hydrogen) atoms. The van der Waals surface area contributed by atoms with Crippen molar-refractivity contribution in [2.45, 2.75) is 25.9 Å². The first kappa shape index (κ1) is 18.4. The number of hydrogen-bond donors (Lipinski definition) is 1. The van der Waals surface area contributed by atoms with Crippen molar-refractivity contribution in [2.75, 3.05) is 18.0 Å². The Morgan fingerprint density at radius 3 is 2.74 bits per heavy atom. The lowest BCUT2D eigenvalue weighted by Gasteiger charge is -2.18. The van der Waals surface area contributed by atoms with Gasteiger partial charge in [0.2, 0.25) is 5.95 Å². The highest BCUT2D eigenvalue weighted by molar-refractivity contribution is 9.13. The number of aromatic nitrogens is 2. The number of hydrogen-bond acceptors (Lipinski definition) is 5. The van der Waals surface area contributed by atoms with E-state index in [1.807, 2.05) is 17.6 Å². The van der Waals surface area contributed by atoms with E-state index in [4.69, 9.17) is 5.73 Å². The van der Waals surface area contributed by atoms with Crippen LogP contribution in [-0.2, 0) is 6.54 Å². The van der Waals surface area contributed by atoms with E-state index >= 15 is 0 Å². The molecule has 1 aliphatic heterocycles. The molecule has 10 heteroatoms. The van der Waals surface area contributed by atoms with Gasteiger partial charge in [-0.3, -0.25) is 10.1 Å². The second-order valence-electron chi connectivity index (χ2n) is 5.30. The lowest BCUT2D eigenvalue weighted by Crippen LogP contribution is -2.28. The van der Waals surface area contributed by atoms with E-state index in [0.717, 1.165) is 31.0 Å². The van der Waals surface area contributed by atoms with Gasteiger partial charge in [-0.2, -0.15) is 0 Å². The van der Waals surface area contributed by atoms with Crippen LogP contribution in [0.15, 0.2) is 15.0 Å². The van der Waals surface area contributed by atoms with Gasteiger partial charge >= 0.3 is 5.69 Å². The molecule has 0 aliphatic carbocycles. The number of rotatable bonds is 3. The molecule has 0 saturated carbocycles. The van der Waals surface area contributed by atoms with Gasteiger partial charge in [-0.05, 0) is 51.3 Å². The number of nitrogens with two attached hydrogens (primary N) is 1. The van der Waals surface area contributed by atoms with Crippen LogP contribution < -0.4 is 10.6 Å². The summed E-state index contributed by atoms with van der Waals surface area (Å²) in [6, 6.07) is 1.99. The van der Waals surface area contributed by atoms with Gasteiger partial charge in [0.1, 0.15) is 4.47 Å². The molecule has 7 nitrogen and oxygen atoms in total. The molecular formula is C13H16Br2ClN5O2. The first-order chi connectivity index (χ1) is 10.4. The van der Waals surface area contributed by atoms with Crippen LogP contribution in [0.25, 0.3) is 11.0 Å². The Morgan fingerprint density at radius 1 is 1.52 bits per heavy atom. The van der Waals surface area contributed by atoms with Crippen LogP contribution in [-0.4, -0.2) is 33.6 Å². The second kappa shape index (κ2) is 6.92. The standard InChI is InChI=1S/C13H15Br2N5O2.ClH/c1-2-19-9-5-8(14)10(15)12(20(21)22)11(9)17-13(19)18-4-3-7(16)6-18;/h5,7H,2-4,6,16H2,1H3;1H/t7-;/m1./s1. The Morgan fingerprint density at radius 2 is 2.22 bits per heavy atom. The van der Waals surface area contributed by atoms with Gasteiger partial charge < -0.3 is 15.2 Å². The number of imidazole rings is 1. The van der Waals surface area contributed by atoms with Gasteiger partial charge in [0.15, 0.2) is 5.52 Å². The third-order valence-electron chi connectivity index (χ3n) is 3.90. The summed E-state index contributed by atoms with van der Waals surface area (Å²) in [5.74, 6) is 0.749. The second-order valence-corrected chi connectivity index (χ2v) is 6.94. The molecule has 1 aromatic carbocycles. The fraction of sp³-hybridized carbons (Fsp3) is 0.462. The van der Waals surface area contributed by atoms with Gasteiger partial charge in [-0.25, -0.2) is 4.98 Å². The number of nitro benzene ring substituents is 1. The molecule has 1 aromatic heterocycles. The molecule has 0 spiro atoms. The molecule has 1 saturated heterocycles. The number of halogens is 3. The summed E-state index contributed by atoms with van der Waals surface area (Å²) >= 11 is 6.65. The number of fused-ring (bicyclic) bond motifs is 1. The van der Waals surface area contributed by atoms with E-state index in [1.165, 1.54) is 0 Å². The molecule has 2 N–H and O–H groups in total. The van der Waals surface area contributed by atoms with E-state index in [2.05, 4.69) is 41.7 Å². The summed E-state index contributed by atoms with van der Waals surface area (Å²) in [6.45, 7) is 4.23. The number of anilines is 1. The lowest BCUT2D eigenvalue weighted by molar-refractivity contribution is -0.384. The Labute approximate surface area is 156 Å². The highest BCUT2D eigenvalue weighted by Gasteiger charge is 2.29. The Balaban J connectivity index is 0.00000192. The summed E-state index contributed by atoms with van der Waals surface area (Å²) in [5.41, 5.74) is 7.11. The van der Waals surface area contributed by atoms with Crippen LogP contribution in [0.4, 0.5) is 11.6 Å². The maximum Gasteiger partial charge on any atom is 0.312 e. The average Bonchev–Trinajstić information content (AvgIpc) is 3.02. The van der Waals surface area contributed by atoms with Crippen molar-refractivity contribution in [2.24, 2.45) is 5.73 Å². The van der Waals surface area contributed by atoms with Crippen molar-refractivity contribution >= 4 is 66.9 Å². The quantitative estimate of drug-likeness (QED) is 0.549. The lowest BCUT2D eigenvalue weighted by atomic mass is 10.2. The van der Waals surface area contributed by atoms with Crippen molar-refractivity contribution in [3.63, 3.8) is 0 Å². The molecule has 0 amide bonds. The molecule has 3 rings (SSSR count). The third-order valence-corrected chi connectivity index (χ3v) is 5.86. The Bertz CT molecular complexity index is 767. The zero-order valence-electron chi connectivity index (χ0n) is 12.3. The van der Waals surface area contributed by atoms with Gasteiger partial charge in [0.25, 0.3) is 0 Å². The maximum absolute atomic E-state index is 11.4. The largest absolute Gasteiger partial charge is 0.341 e. The smallest absolute Gasteiger partial charge is 0.312 e. The zero-order chi connectivity index (χ0) is 16.0. The molecule has 0 unspecified atom stereocenters. The molecule has 2 aromatic rings. The van der Waals surface area contributed by atoms with Crippen LogP contribution in [0.2, 0.25) is 0 Å². The first-order valence-electron chi connectivity index (χ1n) is 6.97. The fourth-order valence-electron chi connectivity index (χ4n) is 2.86. The van der Waals surface area contributed by atoms with E-state index in [-0.39, 0.29) is 24.1 Å². The van der Waals surface area contributed by atoms with Crippen LogP contribution in [0.3, 0.4) is 0 Å². The number of nitro groups is 1. The normalized spacial score (nSPS) is 17.6. The van der Waals surface area contributed by atoms with Crippen LogP contribution >= 0.6 is 44.3 Å². The third kappa shape index (κ3) is 3.07. The average molecular weight is 470 g/mol. The van der Waals surface area contributed by atoms with Crippen molar-refractivity contribution in [1.82, 2.24) is 9.55 Å². The molecule has 1 fully saturated rings. The van der Waals surface area contributed by atoms with Gasteiger partial charge in [-0.1, -0.05) is 0 Å². The van der Waals surface area contributed by atoms with Crippen LogP contribution in [0, 0.1) is 10.1 Å². The summed E-state index contributed by atoms with van der Waals surface area (Å²) in [4.78, 5) is 17.7. The minimum absolute atomic E-state index is 0. The number of nitrogens with zero attached hydrogens (tertiary/aromatic N) is 4. The summed E-state index contributed by atoms with van der Waals surface area (Å²) in [6.07, 6.45) is 0.905. The monoisotopic (exact) mass is 467 g/mol.